The molecule has 0 aromatic heterocycles. The van der Waals surface area contributed by atoms with Crippen LogP contribution in [0.2, 0.25) is 0 Å². The largest absolute Gasteiger partial charge is 0.493 e. The maximum absolute atomic E-state index is 14.0. The first-order chi connectivity index (χ1) is 15.9. The third-order valence-electron chi connectivity index (χ3n) is 6.24. The molecule has 0 aliphatic heterocycles. The predicted octanol–water partition coefficient (Wildman–Crippen LogP) is 5.94. The lowest BCUT2D eigenvalue weighted by Crippen LogP contribution is -2.44. The predicted molar refractivity (Wildman–Crippen MR) is 128 cm³/mol. The van der Waals surface area contributed by atoms with Crippen molar-refractivity contribution in [2.75, 3.05) is 27.9 Å². The second-order valence-electron chi connectivity index (χ2n) is 8.96. The van der Waals surface area contributed by atoms with E-state index in [4.69, 9.17) is 18.9 Å². The zero-order valence-electron chi connectivity index (χ0n) is 21.1. The van der Waals surface area contributed by atoms with Crippen molar-refractivity contribution in [2.24, 2.45) is 5.92 Å². The molecule has 2 amide bonds. The van der Waals surface area contributed by atoms with E-state index in [-0.39, 0.29) is 17.9 Å². The summed E-state index contributed by atoms with van der Waals surface area (Å²) in [5.74, 6) is 0.927. The molecule has 1 aliphatic carbocycles. The number of unbranched alkanes of at least 4 members (excludes halogenated alkanes) is 2. The van der Waals surface area contributed by atoms with E-state index < -0.39 is 12.0 Å². The zero-order chi connectivity index (χ0) is 24.4. The molecule has 1 fully saturated rings. The highest BCUT2D eigenvalue weighted by Gasteiger charge is 2.38. The minimum absolute atomic E-state index is 0.134. The Morgan fingerprint density at radius 3 is 2.06 bits per heavy atom. The summed E-state index contributed by atoms with van der Waals surface area (Å²) >= 11 is 0. The lowest BCUT2D eigenvalue weighted by atomic mass is 9.76. The van der Waals surface area contributed by atoms with Crippen molar-refractivity contribution < 1.29 is 28.5 Å². The van der Waals surface area contributed by atoms with E-state index in [1.807, 2.05) is 12.1 Å². The number of benzene rings is 1. The number of methoxy groups -OCH3 is 3. The van der Waals surface area contributed by atoms with Gasteiger partial charge in [0.2, 0.25) is 11.7 Å². The van der Waals surface area contributed by atoms with Gasteiger partial charge in [0.15, 0.2) is 11.5 Å². The monoisotopic (exact) mass is 463 g/mol. The van der Waals surface area contributed by atoms with E-state index >= 15 is 0 Å². The summed E-state index contributed by atoms with van der Waals surface area (Å²) in [6.07, 6.45) is 7.02. The highest BCUT2D eigenvalue weighted by Crippen LogP contribution is 2.44. The molecule has 1 aliphatic rings. The van der Waals surface area contributed by atoms with Gasteiger partial charge < -0.3 is 18.9 Å². The van der Waals surface area contributed by atoms with Crippen molar-refractivity contribution >= 4 is 12.0 Å². The number of rotatable bonds is 11. The highest BCUT2D eigenvalue weighted by atomic mass is 16.6. The molecular formula is C26H41NO6. The highest BCUT2D eigenvalue weighted by molar-refractivity contribution is 5.96. The number of carbonyl (C=O) groups excluding carboxylic acids is 2. The lowest BCUT2D eigenvalue weighted by molar-refractivity contribution is -0.133. The van der Waals surface area contributed by atoms with Crippen LogP contribution in [0.4, 0.5) is 4.79 Å². The van der Waals surface area contributed by atoms with Crippen LogP contribution in [0.5, 0.6) is 17.2 Å². The van der Waals surface area contributed by atoms with Crippen LogP contribution in [0.3, 0.4) is 0 Å². The number of hydrogen-bond donors (Lipinski definition) is 0. The smallest absolute Gasteiger partial charge is 0.416 e. The summed E-state index contributed by atoms with van der Waals surface area (Å²) in [4.78, 5) is 28.3. The standard InChI is InChI=1S/C26H41NO6/c1-7-8-12-15-27(26(29)33-18(2)3)25(28)23(19-13-10-9-11-14-19)20-16-21(30-4)24(32-6)22(17-20)31-5/h16-19,23H,7-15H2,1-6H3. The fraction of sp³-hybridized carbons (Fsp3) is 0.692. The molecule has 0 spiro atoms. The molecule has 1 atom stereocenters. The minimum atomic E-state index is -0.570. The molecule has 1 unspecified atom stereocenters. The molecule has 0 saturated heterocycles. The average Bonchev–Trinajstić information content (AvgIpc) is 2.81. The maximum atomic E-state index is 14.0. The topological polar surface area (TPSA) is 74.3 Å². The summed E-state index contributed by atoms with van der Waals surface area (Å²) < 4.78 is 22.0. The summed E-state index contributed by atoms with van der Waals surface area (Å²) in [5, 5.41) is 0. The van der Waals surface area contributed by atoms with E-state index in [2.05, 4.69) is 6.92 Å². The molecule has 186 valence electrons. The van der Waals surface area contributed by atoms with Crippen LogP contribution in [0.25, 0.3) is 0 Å². The minimum Gasteiger partial charge on any atom is -0.493 e. The van der Waals surface area contributed by atoms with E-state index in [0.29, 0.717) is 23.8 Å². The van der Waals surface area contributed by atoms with Crippen molar-refractivity contribution in [1.82, 2.24) is 4.90 Å². The second kappa shape index (κ2) is 13.3. The first-order valence-electron chi connectivity index (χ1n) is 12.2. The van der Waals surface area contributed by atoms with E-state index in [1.54, 1.807) is 35.2 Å². The first-order valence-corrected chi connectivity index (χ1v) is 12.2. The van der Waals surface area contributed by atoms with E-state index in [9.17, 15) is 9.59 Å². The number of imide groups is 1. The Hall–Kier alpha value is -2.44. The number of amides is 2. The quantitative estimate of drug-likeness (QED) is 0.378. The molecule has 1 aromatic rings. The van der Waals surface area contributed by atoms with Gasteiger partial charge in [0.1, 0.15) is 0 Å². The van der Waals surface area contributed by atoms with Gasteiger partial charge in [0.25, 0.3) is 0 Å². The van der Waals surface area contributed by atoms with E-state index in [0.717, 1.165) is 50.5 Å². The van der Waals surface area contributed by atoms with Gasteiger partial charge in [0, 0.05) is 6.54 Å². The summed E-state index contributed by atoms with van der Waals surface area (Å²) in [6.45, 7) is 6.04. The van der Waals surface area contributed by atoms with Crippen LogP contribution in [-0.2, 0) is 9.53 Å². The van der Waals surface area contributed by atoms with Gasteiger partial charge in [-0.1, -0.05) is 39.0 Å². The van der Waals surface area contributed by atoms with Crippen molar-refractivity contribution in [3.05, 3.63) is 17.7 Å². The van der Waals surface area contributed by atoms with Crippen LogP contribution in [0.15, 0.2) is 12.1 Å². The third kappa shape index (κ3) is 7.02. The van der Waals surface area contributed by atoms with Crippen LogP contribution in [0.1, 0.15) is 83.6 Å². The van der Waals surface area contributed by atoms with Gasteiger partial charge in [-0.25, -0.2) is 9.69 Å². The van der Waals surface area contributed by atoms with Gasteiger partial charge >= 0.3 is 6.09 Å². The summed E-state index contributed by atoms with van der Waals surface area (Å²) in [5.41, 5.74) is 0.777. The fourth-order valence-corrected chi connectivity index (χ4v) is 4.61. The normalized spacial score (nSPS) is 15.1. The molecular weight excluding hydrogens is 422 g/mol. The zero-order valence-corrected chi connectivity index (χ0v) is 21.1. The van der Waals surface area contributed by atoms with Crippen LogP contribution < -0.4 is 14.2 Å². The second-order valence-corrected chi connectivity index (χ2v) is 8.96. The van der Waals surface area contributed by atoms with Crippen molar-refractivity contribution in [3.8, 4) is 17.2 Å². The summed E-state index contributed by atoms with van der Waals surface area (Å²) in [7, 11) is 4.69. The molecule has 1 aromatic carbocycles. The molecule has 7 heteroatoms. The Morgan fingerprint density at radius 2 is 1.58 bits per heavy atom. The molecule has 7 nitrogen and oxygen atoms in total. The molecule has 0 N–H and O–H groups in total. The first kappa shape index (κ1) is 26.8. The van der Waals surface area contributed by atoms with Gasteiger partial charge in [-0.05, 0) is 56.7 Å². The average molecular weight is 464 g/mol. The maximum Gasteiger partial charge on any atom is 0.416 e. The number of carbonyl (C=O) groups is 2. The van der Waals surface area contributed by atoms with Crippen molar-refractivity contribution in [3.63, 3.8) is 0 Å². The number of ether oxygens (including phenoxy) is 4. The van der Waals surface area contributed by atoms with Gasteiger partial charge in [-0.15, -0.1) is 0 Å². The molecule has 1 saturated carbocycles. The summed E-state index contributed by atoms with van der Waals surface area (Å²) in [6, 6.07) is 3.69. The number of hydrogen-bond acceptors (Lipinski definition) is 6. The fourth-order valence-electron chi connectivity index (χ4n) is 4.61. The Morgan fingerprint density at radius 1 is 0.970 bits per heavy atom. The van der Waals surface area contributed by atoms with Gasteiger partial charge in [-0.3, -0.25) is 4.79 Å². The Balaban J connectivity index is 2.52. The molecule has 33 heavy (non-hydrogen) atoms. The molecule has 0 bridgehead atoms. The Kier molecular flexibility index (Phi) is 10.8. The van der Waals surface area contributed by atoms with Crippen LogP contribution >= 0.6 is 0 Å². The Labute approximate surface area is 198 Å². The third-order valence-corrected chi connectivity index (χ3v) is 6.24. The van der Waals surface area contributed by atoms with Crippen molar-refractivity contribution in [1.29, 1.82) is 0 Å². The van der Waals surface area contributed by atoms with Crippen LogP contribution in [0, 0.1) is 5.92 Å². The van der Waals surface area contributed by atoms with Crippen molar-refractivity contribution in [2.45, 2.75) is 84.2 Å². The van der Waals surface area contributed by atoms with E-state index in [1.165, 1.54) is 11.3 Å². The van der Waals surface area contributed by atoms with Gasteiger partial charge in [0.05, 0.1) is 33.4 Å². The SMILES string of the molecule is CCCCCN(C(=O)OC(C)C)C(=O)C(c1cc(OC)c(OC)c(OC)c1)C1CCCCC1. The lowest BCUT2D eigenvalue weighted by Gasteiger charge is -2.33. The number of nitrogens with zero attached hydrogens (tertiary/aromatic N) is 1. The molecule has 0 radical (unpaired) electrons. The van der Waals surface area contributed by atoms with Gasteiger partial charge in [-0.2, -0.15) is 0 Å². The Bertz CT molecular complexity index is 747. The molecule has 0 heterocycles. The van der Waals surface area contributed by atoms with Crippen LogP contribution in [-0.4, -0.2) is 50.9 Å². The molecule has 2 rings (SSSR count).